The third-order valence-corrected chi connectivity index (χ3v) is 4.95. The van der Waals surface area contributed by atoms with Crippen molar-refractivity contribution in [3.8, 4) is 22.9 Å². The molecule has 4 rings (SSSR count). The summed E-state index contributed by atoms with van der Waals surface area (Å²) in [7, 11) is 1.54. The Hall–Kier alpha value is -3.52. The fourth-order valence-electron chi connectivity index (χ4n) is 2.80. The molecular weight excluding hydrogens is 390 g/mol. The van der Waals surface area contributed by atoms with E-state index in [1.54, 1.807) is 30.6 Å². The van der Waals surface area contributed by atoms with Gasteiger partial charge in [0.25, 0.3) is 0 Å². The number of benzene rings is 2. The first kappa shape index (κ1) is 18.8. The van der Waals surface area contributed by atoms with E-state index < -0.39 is 0 Å². The number of aromatic nitrogens is 3. The summed E-state index contributed by atoms with van der Waals surface area (Å²) in [4.78, 5) is 21.5. The monoisotopic (exact) mass is 407 g/mol. The van der Waals surface area contributed by atoms with Gasteiger partial charge in [0.05, 0.1) is 7.11 Å². The van der Waals surface area contributed by atoms with Crippen molar-refractivity contribution in [3.63, 3.8) is 0 Å². The third kappa shape index (κ3) is 4.02. The van der Waals surface area contributed by atoms with Crippen LogP contribution >= 0.6 is 11.3 Å². The summed E-state index contributed by atoms with van der Waals surface area (Å²) < 4.78 is 16.5. The van der Waals surface area contributed by atoms with Gasteiger partial charge < -0.3 is 14.0 Å². The van der Waals surface area contributed by atoms with Crippen LogP contribution in [0, 0.1) is 6.92 Å². The zero-order chi connectivity index (χ0) is 20.2. The molecule has 0 saturated heterocycles. The van der Waals surface area contributed by atoms with Crippen LogP contribution in [-0.2, 0) is 6.61 Å². The Morgan fingerprint density at radius 1 is 1.17 bits per heavy atom. The van der Waals surface area contributed by atoms with Crippen molar-refractivity contribution in [2.45, 2.75) is 13.5 Å². The van der Waals surface area contributed by atoms with E-state index >= 15 is 0 Å². The molecule has 0 saturated carbocycles. The highest BCUT2D eigenvalue weighted by Crippen LogP contribution is 2.36. The Morgan fingerprint density at radius 3 is 2.66 bits per heavy atom. The minimum atomic E-state index is -0.246. The number of rotatable bonds is 7. The molecule has 0 bridgehead atoms. The van der Waals surface area contributed by atoms with Crippen LogP contribution in [-0.4, -0.2) is 28.0 Å². The Balaban J connectivity index is 1.78. The number of hydrogen-bond donors (Lipinski definition) is 0. The number of methoxy groups -OCH3 is 1. The van der Waals surface area contributed by atoms with Crippen molar-refractivity contribution in [2.75, 3.05) is 7.11 Å². The standard InChI is InChI=1S/C21H17N3O4S/c1-13-23-20(24-28-13)16-11-17(26-2)18(27-12-14-6-4-3-5-7-14)10-15(16)19(25)21-22-8-9-29-21/h3-11H,12H2,1-2H3. The topological polar surface area (TPSA) is 87.3 Å². The average Bonchev–Trinajstić information content (AvgIpc) is 3.44. The van der Waals surface area contributed by atoms with Crippen molar-refractivity contribution in [1.29, 1.82) is 0 Å². The number of hydrogen-bond acceptors (Lipinski definition) is 8. The quantitative estimate of drug-likeness (QED) is 0.422. The van der Waals surface area contributed by atoms with Crippen molar-refractivity contribution >= 4 is 17.1 Å². The summed E-state index contributed by atoms with van der Waals surface area (Å²) in [5.74, 6) is 1.37. The summed E-state index contributed by atoms with van der Waals surface area (Å²) in [6.07, 6.45) is 1.59. The molecule has 29 heavy (non-hydrogen) atoms. The van der Waals surface area contributed by atoms with Gasteiger partial charge in [0.1, 0.15) is 6.61 Å². The molecule has 0 spiro atoms. The van der Waals surface area contributed by atoms with Gasteiger partial charge in [0, 0.05) is 29.6 Å². The molecule has 0 radical (unpaired) electrons. The maximum absolute atomic E-state index is 13.1. The van der Waals surface area contributed by atoms with E-state index in [1.165, 1.54) is 18.4 Å². The van der Waals surface area contributed by atoms with Gasteiger partial charge in [0.2, 0.25) is 17.5 Å². The molecule has 0 N–H and O–H groups in total. The van der Waals surface area contributed by atoms with Crippen LogP contribution in [0.3, 0.4) is 0 Å². The van der Waals surface area contributed by atoms with Gasteiger partial charge in [-0.3, -0.25) is 4.79 Å². The Morgan fingerprint density at radius 2 is 2.00 bits per heavy atom. The van der Waals surface area contributed by atoms with Crippen LogP contribution in [0.2, 0.25) is 0 Å². The maximum Gasteiger partial charge on any atom is 0.223 e. The second-order valence-corrected chi connectivity index (χ2v) is 7.02. The van der Waals surface area contributed by atoms with Gasteiger partial charge >= 0.3 is 0 Å². The summed E-state index contributed by atoms with van der Waals surface area (Å²) >= 11 is 1.26. The first-order valence-corrected chi connectivity index (χ1v) is 9.67. The van der Waals surface area contributed by atoms with Gasteiger partial charge in [-0.25, -0.2) is 4.98 Å². The van der Waals surface area contributed by atoms with E-state index in [-0.39, 0.29) is 5.78 Å². The van der Waals surface area contributed by atoms with E-state index in [2.05, 4.69) is 15.1 Å². The number of ketones is 1. The van der Waals surface area contributed by atoms with Gasteiger partial charge in [-0.1, -0.05) is 35.5 Å². The highest BCUT2D eigenvalue weighted by atomic mass is 32.1. The van der Waals surface area contributed by atoms with Crippen LogP contribution < -0.4 is 9.47 Å². The number of nitrogens with zero attached hydrogens (tertiary/aromatic N) is 3. The van der Waals surface area contributed by atoms with Gasteiger partial charge in [-0.05, 0) is 17.7 Å². The lowest BCUT2D eigenvalue weighted by Gasteiger charge is -2.14. The number of aryl methyl sites for hydroxylation is 1. The van der Waals surface area contributed by atoms with Crippen molar-refractivity contribution in [2.24, 2.45) is 0 Å². The second-order valence-electron chi connectivity index (χ2n) is 6.13. The maximum atomic E-state index is 13.1. The number of thiazole rings is 1. The fourth-order valence-corrected chi connectivity index (χ4v) is 3.39. The van der Waals surface area contributed by atoms with Crippen LogP contribution in [0.1, 0.15) is 26.8 Å². The number of carbonyl (C=O) groups excluding carboxylic acids is 1. The molecule has 0 fully saturated rings. The van der Waals surface area contributed by atoms with Crippen LogP contribution in [0.15, 0.2) is 58.6 Å². The molecule has 4 aromatic rings. The minimum Gasteiger partial charge on any atom is -0.493 e. The van der Waals surface area contributed by atoms with E-state index in [0.717, 1.165) is 5.56 Å². The highest BCUT2D eigenvalue weighted by Gasteiger charge is 2.23. The Kier molecular flexibility index (Phi) is 5.35. The molecule has 0 aliphatic carbocycles. The van der Waals surface area contributed by atoms with E-state index in [0.29, 0.717) is 46.0 Å². The average molecular weight is 407 g/mol. The summed E-state index contributed by atoms with van der Waals surface area (Å²) in [6.45, 7) is 2.02. The zero-order valence-corrected chi connectivity index (χ0v) is 16.6. The predicted octanol–water partition coefficient (Wildman–Crippen LogP) is 4.32. The first-order chi connectivity index (χ1) is 14.2. The van der Waals surface area contributed by atoms with Crippen LogP contribution in [0.25, 0.3) is 11.4 Å². The largest absolute Gasteiger partial charge is 0.493 e. The fraction of sp³-hybridized carbons (Fsp3) is 0.143. The molecule has 7 nitrogen and oxygen atoms in total. The van der Waals surface area contributed by atoms with Crippen molar-refractivity contribution < 1.29 is 18.8 Å². The lowest BCUT2D eigenvalue weighted by atomic mass is 10.0. The molecule has 2 aromatic heterocycles. The minimum absolute atomic E-state index is 0.246. The molecule has 0 unspecified atom stereocenters. The highest BCUT2D eigenvalue weighted by molar-refractivity contribution is 7.11. The lowest BCUT2D eigenvalue weighted by Crippen LogP contribution is -2.06. The SMILES string of the molecule is COc1cc(-c2noc(C)n2)c(C(=O)c2nccs2)cc1OCc1ccccc1. The molecule has 0 aliphatic heterocycles. The lowest BCUT2D eigenvalue weighted by molar-refractivity contribution is 0.103. The zero-order valence-electron chi connectivity index (χ0n) is 15.8. The molecular formula is C21H17N3O4S. The number of carbonyl (C=O) groups is 1. The van der Waals surface area contributed by atoms with E-state index in [9.17, 15) is 4.79 Å². The molecule has 0 amide bonds. The Bertz CT molecular complexity index is 1120. The summed E-state index contributed by atoms with van der Waals surface area (Å²) in [5, 5.41) is 6.08. The predicted molar refractivity (Wildman–Crippen MR) is 107 cm³/mol. The summed E-state index contributed by atoms with van der Waals surface area (Å²) in [6, 6.07) is 13.1. The molecule has 0 aliphatic rings. The van der Waals surface area contributed by atoms with E-state index in [4.69, 9.17) is 14.0 Å². The molecule has 146 valence electrons. The number of ether oxygens (including phenoxy) is 2. The Labute approximate surface area is 170 Å². The van der Waals surface area contributed by atoms with Gasteiger partial charge in [-0.2, -0.15) is 4.98 Å². The molecule has 2 aromatic carbocycles. The molecule has 0 atom stereocenters. The van der Waals surface area contributed by atoms with Crippen LogP contribution in [0.4, 0.5) is 0 Å². The summed E-state index contributed by atoms with van der Waals surface area (Å²) in [5.41, 5.74) is 1.86. The van der Waals surface area contributed by atoms with Crippen LogP contribution in [0.5, 0.6) is 11.5 Å². The van der Waals surface area contributed by atoms with Crippen molar-refractivity contribution in [1.82, 2.24) is 15.1 Å². The molecule has 8 heteroatoms. The second kappa shape index (κ2) is 8.24. The van der Waals surface area contributed by atoms with E-state index in [1.807, 2.05) is 30.3 Å². The third-order valence-electron chi connectivity index (χ3n) is 4.18. The molecule has 2 heterocycles. The normalized spacial score (nSPS) is 10.7. The smallest absolute Gasteiger partial charge is 0.223 e. The van der Waals surface area contributed by atoms with Gasteiger partial charge in [-0.15, -0.1) is 11.3 Å². The first-order valence-electron chi connectivity index (χ1n) is 8.79. The van der Waals surface area contributed by atoms with Crippen molar-refractivity contribution in [3.05, 3.63) is 76.1 Å². The van der Waals surface area contributed by atoms with Gasteiger partial charge in [0.15, 0.2) is 16.5 Å².